The van der Waals surface area contributed by atoms with Gasteiger partial charge in [-0.2, -0.15) is 0 Å². The van der Waals surface area contributed by atoms with E-state index < -0.39 is 10.0 Å². The number of carbonyl (C=O) groups excluding carboxylic acids is 1. The van der Waals surface area contributed by atoms with Crippen molar-refractivity contribution in [3.8, 4) is 0 Å². The number of fused-ring (bicyclic) bond motifs is 1. The minimum atomic E-state index is -3.71. The molecule has 0 atom stereocenters. The van der Waals surface area contributed by atoms with Crippen molar-refractivity contribution in [1.82, 2.24) is 9.88 Å². The summed E-state index contributed by atoms with van der Waals surface area (Å²) in [6, 6.07) is 14.8. The summed E-state index contributed by atoms with van der Waals surface area (Å²) < 4.78 is 26.9. The van der Waals surface area contributed by atoms with Crippen molar-refractivity contribution in [2.75, 3.05) is 30.3 Å². The van der Waals surface area contributed by atoms with Crippen molar-refractivity contribution in [1.29, 1.82) is 0 Å². The van der Waals surface area contributed by atoms with Gasteiger partial charge in [0, 0.05) is 37.0 Å². The Morgan fingerprint density at radius 2 is 1.83 bits per heavy atom. The van der Waals surface area contributed by atoms with Crippen LogP contribution in [0, 0.1) is 0 Å². The average Bonchev–Trinajstić information content (AvgIpc) is 3.15. The van der Waals surface area contributed by atoms with Gasteiger partial charge >= 0.3 is 0 Å². The summed E-state index contributed by atoms with van der Waals surface area (Å²) in [7, 11) is -0.146. The van der Waals surface area contributed by atoms with Crippen molar-refractivity contribution in [3.05, 3.63) is 70.7 Å². The van der Waals surface area contributed by atoms with Crippen LogP contribution in [-0.2, 0) is 23.0 Å². The highest BCUT2D eigenvalue weighted by Crippen LogP contribution is 2.28. The van der Waals surface area contributed by atoms with Crippen molar-refractivity contribution < 1.29 is 13.2 Å². The Labute approximate surface area is 180 Å². The zero-order valence-corrected chi connectivity index (χ0v) is 18.3. The molecule has 1 aromatic heterocycles. The van der Waals surface area contributed by atoms with E-state index in [1.54, 1.807) is 24.3 Å². The van der Waals surface area contributed by atoms with E-state index in [2.05, 4.69) is 22.2 Å². The quantitative estimate of drug-likeness (QED) is 0.656. The van der Waals surface area contributed by atoms with Gasteiger partial charge in [0.05, 0.1) is 16.3 Å². The maximum absolute atomic E-state index is 12.9. The van der Waals surface area contributed by atoms with Crippen LogP contribution in [0.5, 0.6) is 0 Å². The van der Waals surface area contributed by atoms with E-state index in [9.17, 15) is 13.2 Å². The maximum atomic E-state index is 12.9. The fraction of sp³-hybridized carbons (Fsp3) is 0.238. The molecule has 0 radical (unpaired) electrons. The van der Waals surface area contributed by atoms with Crippen LogP contribution in [-0.4, -0.2) is 44.8 Å². The number of sulfonamides is 1. The lowest BCUT2D eigenvalue weighted by atomic mass is 10.2. The van der Waals surface area contributed by atoms with E-state index in [1.165, 1.54) is 51.8 Å². The zero-order chi connectivity index (χ0) is 21.3. The van der Waals surface area contributed by atoms with Gasteiger partial charge in [0.2, 0.25) is 0 Å². The number of nitrogens with one attached hydrogen (secondary N) is 1. The highest BCUT2D eigenvalue weighted by molar-refractivity contribution is 7.92. The van der Waals surface area contributed by atoms with E-state index >= 15 is 0 Å². The summed E-state index contributed by atoms with van der Waals surface area (Å²) in [5.41, 5.74) is 1.98. The van der Waals surface area contributed by atoms with Gasteiger partial charge in [0.25, 0.3) is 15.9 Å². The molecule has 0 aliphatic carbocycles. The van der Waals surface area contributed by atoms with Crippen LogP contribution >= 0.6 is 11.3 Å². The van der Waals surface area contributed by atoms with Gasteiger partial charge in [-0.1, -0.05) is 18.2 Å². The topological polar surface area (TPSA) is 82.6 Å². The Bertz CT molecular complexity index is 1160. The molecule has 2 heterocycles. The molecule has 0 saturated carbocycles. The first kappa shape index (κ1) is 20.5. The van der Waals surface area contributed by atoms with E-state index in [-0.39, 0.29) is 10.8 Å². The molecule has 0 saturated heterocycles. The second-order valence-corrected chi connectivity index (χ2v) is 10.2. The van der Waals surface area contributed by atoms with E-state index in [4.69, 9.17) is 0 Å². The number of para-hydroxylation sites is 1. The van der Waals surface area contributed by atoms with Crippen molar-refractivity contribution >= 4 is 38.1 Å². The SMILES string of the molecule is CN1CCc2nc(NC(=O)c3ccc(S(=O)(=O)N(C)c4ccccc4)cc3)sc2C1. The van der Waals surface area contributed by atoms with Crippen LogP contribution < -0.4 is 9.62 Å². The summed E-state index contributed by atoms with van der Waals surface area (Å²) >= 11 is 1.48. The highest BCUT2D eigenvalue weighted by atomic mass is 32.2. The lowest BCUT2D eigenvalue weighted by Crippen LogP contribution is -2.26. The van der Waals surface area contributed by atoms with Crippen molar-refractivity contribution in [2.24, 2.45) is 0 Å². The predicted octanol–water partition coefficient (Wildman–Crippen LogP) is 3.21. The summed E-state index contributed by atoms with van der Waals surface area (Å²) in [6.07, 6.45) is 0.875. The molecule has 1 aliphatic heterocycles. The Balaban J connectivity index is 1.49. The number of carbonyl (C=O) groups is 1. The Kier molecular flexibility index (Phi) is 5.59. The fourth-order valence-corrected chi connectivity index (χ4v) is 5.54. The third kappa shape index (κ3) is 4.09. The monoisotopic (exact) mass is 442 g/mol. The van der Waals surface area contributed by atoms with Gasteiger partial charge in [0.15, 0.2) is 5.13 Å². The minimum Gasteiger partial charge on any atom is -0.301 e. The molecule has 0 unspecified atom stereocenters. The molecule has 4 rings (SSSR count). The average molecular weight is 443 g/mol. The summed E-state index contributed by atoms with van der Waals surface area (Å²) in [5, 5.41) is 3.40. The highest BCUT2D eigenvalue weighted by Gasteiger charge is 2.22. The molecule has 30 heavy (non-hydrogen) atoms. The Morgan fingerprint density at radius 1 is 1.13 bits per heavy atom. The second kappa shape index (κ2) is 8.17. The van der Waals surface area contributed by atoms with Crippen molar-refractivity contribution in [2.45, 2.75) is 17.9 Å². The molecule has 0 fully saturated rings. The summed E-state index contributed by atoms with van der Waals surface area (Å²) in [5.74, 6) is -0.310. The van der Waals surface area contributed by atoms with Crippen molar-refractivity contribution in [3.63, 3.8) is 0 Å². The van der Waals surface area contributed by atoms with Gasteiger partial charge in [-0.05, 0) is 43.4 Å². The van der Waals surface area contributed by atoms with Gasteiger partial charge in [-0.25, -0.2) is 13.4 Å². The van der Waals surface area contributed by atoms with Gasteiger partial charge < -0.3 is 4.90 Å². The summed E-state index contributed by atoms with van der Waals surface area (Å²) in [6.45, 7) is 1.79. The molecular weight excluding hydrogens is 420 g/mol. The number of rotatable bonds is 5. The summed E-state index contributed by atoms with van der Waals surface area (Å²) in [4.78, 5) is 20.6. The molecule has 0 spiro atoms. The van der Waals surface area contributed by atoms with Gasteiger partial charge in [-0.3, -0.25) is 14.4 Å². The first-order valence-electron chi connectivity index (χ1n) is 9.47. The molecule has 2 aromatic carbocycles. The number of likely N-dealkylation sites (N-methyl/N-ethyl adjacent to an activating group) is 1. The van der Waals surface area contributed by atoms with Crippen LogP contribution in [0.1, 0.15) is 20.9 Å². The number of amides is 1. The fourth-order valence-electron chi connectivity index (χ4n) is 3.26. The molecule has 9 heteroatoms. The molecule has 0 bridgehead atoms. The molecule has 1 aliphatic rings. The van der Waals surface area contributed by atoms with E-state index in [0.717, 1.165) is 25.2 Å². The number of thiazole rings is 1. The molecular formula is C21H22N4O3S2. The third-order valence-corrected chi connectivity index (χ3v) is 7.83. The Hall–Kier alpha value is -2.75. The molecule has 7 nitrogen and oxygen atoms in total. The molecule has 1 N–H and O–H groups in total. The second-order valence-electron chi connectivity index (χ2n) is 7.16. The van der Waals surface area contributed by atoms with Crippen LogP contribution in [0.25, 0.3) is 0 Å². The van der Waals surface area contributed by atoms with Crippen LogP contribution in [0.2, 0.25) is 0 Å². The van der Waals surface area contributed by atoms with Gasteiger partial charge in [0.1, 0.15) is 0 Å². The molecule has 156 valence electrons. The molecule has 1 amide bonds. The van der Waals surface area contributed by atoms with Crippen LogP contribution in [0.15, 0.2) is 59.5 Å². The smallest absolute Gasteiger partial charge is 0.264 e. The zero-order valence-electron chi connectivity index (χ0n) is 16.7. The lowest BCUT2D eigenvalue weighted by molar-refractivity contribution is 0.102. The van der Waals surface area contributed by atoms with Gasteiger partial charge in [-0.15, -0.1) is 11.3 Å². The minimum absolute atomic E-state index is 0.123. The molecule has 3 aromatic rings. The lowest BCUT2D eigenvalue weighted by Gasteiger charge is -2.20. The maximum Gasteiger partial charge on any atom is 0.264 e. The standard InChI is InChI=1S/C21H22N4O3S2/c1-24-13-12-18-19(14-24)29-21(22-18)23-20(26)15-8-10-17(11-9-15)30(27,28)25(2)16-6-4-3-5-7-16/h3-11H,12-14H2,1-2H3,(H,22,23,26). The Morgan fingerprint density at radius 3 is 2.53 bits per heavy atom. The first-order chi connectivity index (χ1) is 14.3. The first-order valence-corrected chi connectivity index (χ1v) is 11.7. The number of benzene rings is 2. The number of aromatic nitrogens is 1. The largest absolute Gasteiger partial charge is 0.301 e. The van der Waals surface area contributed by atoms with Crippen LogP contribution in [0.4, 0.5) is 10.8 Å². The number of hydrogen-bond donors (Lipinski definition) is 1. The number of hydrogen-bond acceptors (Lipinski definition) is 6. The van der Waals surface area contributed by atoms with E-state index in [1.807, 2.05) is 6.07 Å². The number of nitrogens with zero attached hydrogens (tertiary/aromatic N) is 3. The normalized spacial score (nSPS) is 14.2. The third-order valence-electron chi connectivity index (χ3n) is 5.04. The number of anilines is 2. The van der Waals surface area contributed by atoms with E-state index in [0.29, 0.717) is 16.4 Å². The predicted molar refractivity (Wildman–Crippen MR) is 119 cm³/mol. The van der Waals surface area contributed by atoms with Crippen LogP contribution in [0.3, 0.4) is 0 Å².